The van der Waals surface area contributed by atoms with Gasteiger partial charge >= 0.3 is 0 Å². The third-order valence-corrected chi connectivity index (χ3v) is 4.35. The molecule has 114 valence electrons. The quantitative estimate of drug-likeness (QED) is 0.760. The van der Waals surface area contributed by atoms with Crippen molar-refractivity contribution in [2.75, 3.05) is 7.11 Å². The summed E-state index contributed by atoms with van der Waals surface area (Å²) in [6.45, 7) is 4.16. The molecule has 0 aliphatic heterocycles. The van der Waals surface area contributed by atoms with Crippen LogP contribution in [0.2, 0.25) is 0 Å². The van der Waals surface area contributed by atoms with Crippen LogP contribution in [0.1, 0.15) is 56.8 Å². The molecule has 1 fully saturated rings. The fraction of sp³-hybridized carbons (Fsp3) is 0.667. The third-order valence-electron chi connectivity index (χ3n) is 4.16. The molecule has 21 heavy (non-hydrogen) atoms. The van der Waals surface area contributed by atoms with Crippen molar-refractivity contribution in [3.8, 4) is 5.88 Å². The van der Waals surface area contributed by atoms with E-state index in [0.717, 1.165) is 23.8 Å². The van der Waals surface area contributed by atoms with Gasteiger partial charge < -0.3 is 9.30 Å². The first-order chi connectivity index (χ1) is 10.2. The van der Waals surface area contributed by atoms with Gasteiger partial charge in [-0.1, -0.05) is 19.8 Å². The maximum absolute atomic E-state index is 6.36. The molecule has 6 heteroatoms. The Bertz CT molecular complexity index is 636. The number of ether oxygens (including phenoxy) is 1. The van der Waals surface area contributed by atoms with Gasteiger partial charge in [0, 0.05) is 6.04 Å². The number of aromatic nitrogens is 4. The van der Waals surface area contributed by atoms with Gasteiger partial charge in [0.05, 0.1) is 12.5 Å². The number of imidazole rings is 1. The highest BCUT2D eigenvalue weighted by Crippen LogP contribution is 2.40. The smallest absolute Gasteiger partial charge is 0.245 e. The standard InChI is InChI=1S/C15H21ClN4O/c1-4-11(7-10-5-6-10)20-13(9(2)16)19-12-14(20)17-8-18-15(12)21-3/h8-11H,4-7H2,1-3H3. The molecule has 5 nitrogen and oxygen atoms in total. The van der Waals surface area contributed by atoms with Gasteiger partial charge in [0.2, 0.25) is 5.88 Å². The van der Waals surface area contributed by atoms with Crippen molar-refractivity contribution in [2.45, 2.75) is 50.9 Å². The summed E-state index contributed by atoms with van der Waals surface area (Å²) in [6.07, 6.45) is 6.43. The van der Waals surface area contributed by atoms with E-state index in [0.29, 0.717) is 17.4 Å². The Morgan fingerprint density at radius 1 is 1.43 bits per heavy atom. The maximum Gasteiger partial charge on any atom is 0.245 e. The molecular formula is C15H21ClN4O. The van der Waals surface area contributed by atoms with Gasteiger partial charge in [-0.3, -0.25) is 0 Å². The number of hydrogen-bond donors (Lipinski definition) is 0. The van der Waals surface area contributed by atoms with Gasteiger partial charge in [0.1, 0.15) is 12.2 Å². The Morgan fingerprint density at radius 3 is 2.76 bits per heavy atom. The van der Waals surface area contributed by atoms with Gasteiger partial charge in [-0.2, -0.15) is 4.98 Å². The van der Waals surface area contributed by atoms with Crippen molar-refractivity contribution in [2.24, 2.45) is 5.92 Å². The molecule has 2 aromatic heterocycles. The minimum atomic E-state index is -0.169. The van der Waals surface area contributed by atoms with Crippen LogP contribution in [0.5, 0.6) is 5.88 Å². The summed E-state index contributed by atoms with van der Waals surface area (Å²) >= 11 is 6.36. The highest BCUT2D eigenvalue weighted by Gasteiger charge is 2.29. The molecule has 2 heterocycles. The van der Waals surface area contributed by atoms with E-state index in [9.17, 15) is 0 Å². The zero-order valence-corrected chi connectivity index (χ0v) is 13.5. The normalized spacial score (nSPS) is 17.9. The van der Waals surface area contributed by atoms with Gasteiger partial charge in [0.15, 0.2) is 11.2 Å². The second kappa shape index (κ2) is 5.79. The molecule has 0 saturated heterocycles. The molecule has 1 aliphatic carbocycles. The molecule has 0 N–H and O–H groups in total. The minimum Gasteiger partial charge on any atom is -0.479 e. The Morgan fingerprint density at radius 2 is 2.19 bits per heavy atom. The zero-order valence-electron chi connectivity index (χ0n) is 12.7. The van der Waals surface area contributed by atoms with Crippen LogP contribution >= 0.6 is 11.6 Å². The summed E-state index contributed by atoms with van der Waals surface area (Å²) in [7, 11) is 1.60. The zero-order chi connectivity index (χ0) is 15.0. The fourth-order valence-corrected chi connectivity index (χ4v) is 3.04. The van der Waals surface area contributed by atoms with Crippen LogP contribution < -0.4 is 4.74 Å². The highest BCUT2D eigenvalue weighted by atomic mass is 35.5. The Balaban J connectivity index is 2.14. The van der Waals surface area contributed by atoms with Gasteiger partial charge in [0.25, 0.3) is 0 Å². The summed E-state index contributed by atoms with van der Waals surface area (Å²) < 4.78 is 7.52. The van der Waals surface area contributed by atoms with Crippen LogP contribution in [0.3, 0.4) is 0 Å². The van der Waals surface area contributed by atoms with E-state index in [4.69, 9.17) is 16.3 Å². The molecule has 0 amide bonds. The number of fused-ring (bicyclic) bond motifs is 1. The molecule has 2 aromatic rings. The predicted molar refractivity (Wildman–Crippen MR) is 82.8 cm³/mol. The first-order valence-corrected chi connectivity index (χ1v) is 8.00. The predicted octanol–water partition coefficient (Wildman–Crippen LogP) is 3.89. The van der Waals surface area contributed by atoms with Crippen molar-refractivity contribution < 1.29 is 4.74 Å². The molecule has 0 bridgehead atoms. The Labute approximate surface area is 129 Å². The molecule has 0 spiro atoms. The lowest BCUT2D eigenvalue weighted by molar-refractivity contribution is 0.401. The first kappa shape index (κ1) is 14.6. The Hall–Kier alpha value is -1.36. The van der Waals surface area contributed by atoms with E-state index in [1.54, 1.807) is 7.11 Å². The molecule has 1 aliphatic rings. The van der Waals surface area contributed by atoms with E-state index in [2.05, 4.69) is 26.4 Å². The highest BCUT2D eigenvalue weighted by molar-refractivity contribution is 6.20. The van der Waals surface area contributed by atoms with Crippen molar-refractivity contribution in [1.82, 2.24) is 19.5 Å². The van der Waals surface area contributed by atoms with Gasteiger partial charge in [-0.05, 0) is 25.7 Å². The summed E-state index contributed by atoms with van der Waals surface area (Å²) in [4.78, 5) is 13.2. The van der Waals surface area contributed by atoms with E-state index in [1.807, 2.05) is 6.92 Å². The van der Waals surface area contributed by atoms with Gasteiger partial charge in [-0.15, -0.1) is 11.6 Å². The number of methoxy groups -OCH3 is 1. The van der Waals surface area contributed by atoms with Crippen LogP contribution in [0.15, 0.2) is 6.33 Å². The van der Waals surface area contributed by atoms with Crippen LogP contribution in [0.25, 0.3) is 11.2 Å². The number of nitrogens with zero attached hydrogens (tertiary/aromatic N) is 4. The van der Waals surface area contributed by atoms with E-state index in [1.165, 1.54) is 25.6 Å². The maximum atomic E-state index is 6.36. The number of alkyl halides is 1. The summed E-state index contributed by atoms with van der Waals surface area (Å²) in [5.41, 5.74) is 1.54. The lowest BCUT2D eigenvalue weighted by Gasteiger charge is -2.20. The van der Waals surface area contributed by atoms with E-state index < -0.39 is 0 Å². The van der Waals surface area contributed by atoms with Crippen LogP contribution in [-0.2, 0) is 0 Å². The van der Waals surface area contributed by atoms with Crippen LogP contribution in [0, 0.1) is 5.92 Å². The lowest BCUT2D eigenvalue weighted by atomic mass is 10.1. The average Bonchev–Trinajstić information content (AvgIpc) is 3.22. The molecule has 2 atom stereocenters. The van der Waals surface area contributed by atoms with Crippen molar-refractivity contribution in [3.05, 3.63) is 12.2 Å². The molecule has 3 rings (SSSR count). The van der Waals surface area contributed by atoms with Crippen LogP contribution in [0.4, 0.5) is 0 Å². The average molecular weight is 309 g/mol. The molecular weight excluding hydrogens is 288 g/mol. The lowest BCUT2D eigenvalue weighted by Crippen LogP contribution is -2.13. The summed E-state index contributed by atoms with van der Waals surface area (Å²) in [5, 5.41) is -0.169. The van der Waals surface area contributed by atoms with Crippen molar-refractivity contribution >= 4 is 22.8 Å². The minimum absolute atomic E-state index is 0.169. The molecule has 2 unspecified atom stereocenters. The number of hydrogen-bond acceptors (Lipinski definition) is 4. The SMILES string of the molecule is CCC(CC1CC1)n1c(C(C)Cl)nc2c(OC)ncnc21. The first-order valence-electron chi connectivity index (χ1n) is 7.56. The van der Waals surface area contributed by atoms with Crippen LogP contribution in [-0.4, -0.2) is 26.6 Å². The number of halogens is 1. The van der Waals surface area contributed by atoms with Crippen molar-refractivity contribution in [3.63, 3.8) is 0 Å². The fourth-order valence-electron chi connectivity index (χ4n) is 2.89. The largest absolute Gasteiger partial charge is 0.479 e. The summed E-state index contributed by atoms with van der Waals surface area (Å²) in [5.74, 6) is 2.21. The monoisotopic (exact) mass is 308 g/mol. The third kappa shape index (κ3) is 2.71. The van der Waals surface area contributed by atoms with E-state index >= 15 is 0 Å². The second-order valence-electron chi connectivity index (χ2n) is 5.75. The molecule has 0 radical (unpaired) electrons. The van der Waals surface area contributed by atoms with Crippen molar-refractivity contribution in [1.29, 1.82) is 0 Å². The second-order valence-corrected chi connectivity index (χ2v) is 6.41. The molecule has 0 aromatic carbocycles. The van der Waals surface area contributed by atoms with E-state index in [-0.39, 0.29) is 5.38 Å². The molecule has 1 saturated carbocycles. The number of rotatable bonds is 6. The van der Waals surface area contributed by atoms with Gasteiger partial charge in [-0.25, -0.2) is 9.97 Å². The summed E-state index contributed by atoms with van der Waals surface area (Å²) in [6, 6.07) is 0.387. The Kier molecular flexibility index (Phi) is 4.02. The topological polar surface area (TPSA) is 52.8 Å².